The van der Waals surface area contributed by atoms with Crippen molar-refractivity contribution in [3.63, 3.8) is 0 Å². The highest BCUT2D eigenvalue weighted by molar-refractivity contribution is 5.78. The van der Waals surface area contributed by atoms with Gasteiger partial charge in [0.25, 0.3) is 0 Å². The van der Waals surface area contributed by atoms with E-state index < -0.39 is 0 Å². The second kappa shape index (κ2) is 4.44. The highest BCUT2D eigenvalue weighted by Crippen LogP contribution is 2.18. The highest BCUT2D eigenvalue weighted by Gasteiger charge is 2.23. The van der Waals surface area contributed by atoms with Gasteiger partial charge in [0.2, 0.25) is 5.91 Å². The van der Waals surface area contributed by atoms with Gasteiger partial charge >= 0.3 is 0 Å². The molecule has 1 saturated carbocycles. The Bertz CT molecular complexity index is 318. The third-order valence-corrected chi connectivity index (χ3v) is 2.50. The third-order valence-electron chi connectivity index (χ3n) is 2.50. The van der Waals surface area contributed by atoms with Crippen molar-refractivity contribution in [3.8, 4) is 0 Å². The summed E-state index contributed by atoms with van der Waals surface area (Å²) >= 11 is 0. The molecule has 1 unspecified atom stereocenters. The Morgan fingerprint density at radius 3 is 3.13 bits per heavy atom. The molecule has 1 aromatic rings. The molecule has 0 aliphatic heterocycles. The molecule has 82 valence electrons. The number of aromatic nitrogens is 2. The molecule has 1 fully saturated rings. The molecule has 1 heterocycles. The van der Waals surface area contributed by atoms with Crippen molar-refractivity contribution >= 4 is 5.91 Å². The molecule has 15 heavy (non-hydrogen) atoms. The Morgan fingerprint density at radius 2 is 2.53 bits per heavy atom. The maximum atomic E-state index is 11.4. The maximum Gasteiger partial charge on any atom is 0.234 e. The van der Waals surface area contributed by atoms with Gasteiger partial charge in [-0.25, -0.2) is 0 Å². The third kappa shape index (κ3) is 3.06. The van der Waals surface area contributed by atoms with Gasteiger partial charge in [-0.3, -0.25) is 9.89 Å². The SMILES string of the molecule is CC(NCC(=O)NC1CC1)c1ccn[nH]1. The fourth-order valence-corrected chi connectivity index (χ4v) is 1.37. The predicted octanol–water partition coefficient (Wildman–Crippen LogP) is 0.339. The van der Waals surface area contributed by atoms with E-state index in [1.165, 1.54) is 0 Å². The molecule has 5 nitrogen and oxygen atoms in total. The van der Waals surface area contributed by atoms with Crippen molar-refractivity contribution in [2.45, 2.75) is 31.8 Å². The van der Waals surface area contributed by atoms with E-state index in [9.17, 15) is 4.79 Å². The highest BCUT2D eigenvalue weighted by atomic mass is 16.2. The normalized spacial score (nSPS) is 17.4. The summed E-state index contributed by atoms with van der Waals surface area (Å²) in [6.45, 7) is 2.36. The minimum absolute atomic E-state index is 0.0730. The summed E-state index contributed by atoms with van der Waals surface area (Å²) in [6.07, 6.45) is 3.96. The lowest BCUT2D eigenvalue weighted by Gasteiger charge is -2.11. The van der Waals surface area contributed by atoms with Gasteiger partial charge in [0.15, 0.2) is 0 Å². The van der Waals surface area contributed by atoms with Crippen LogP contribution in [-0.4, -0.2) is 28.7 Å². The van der Waals surface area contributed by atoms with Gasteiger partial charge in [0.1, 0.15) is 0 Å². The topological polar surface area (TPSA) is 69.8 Å². The summed E-state index contributed by atoms with van der Waals surface area (Å²) in [5, 5.41) is 12.8. The molecule has 1 aromatic heterocycles. The van der Waals surface area contributed by atoms with Gasteiger partial charge in [0.05, 0.1) is 12.2 Å². The van der Waals surface area contributed by atoms with Gasteiger partial charge in [-0.05, 0) is 25.8 Å². The average molecular weight is 208 g/mol. The van der Waals surface area contributed by atoms with Crippen molar-refractivity contribution in [1.82, 2.24) is 20.8 Å². The smallest absolute Gasteiger partial charge is 0.234 e. The molecule has 1 aliphatic rings. The lowest BCUT2D eigenvalue weighted by Crippen LogP contribution is -2.36. The first kappa shape index (κ1) is 10.2. The number of carbonyl (C=O) groups excluding carboxylic acids is 1. The molecule has 1 atom stereocenters. The molecular weight excluding hydrogens is 192 g/mol. The van der Waals surface area contributed by atoms with Crippen molar-refractivity contribution in [2.75, 3.05) is 6.54 Å². The zero-order valence-electron chi connectivity index (χ0n) is 8.79. The Kier molecular flexibility index (Phi) is 3.01. The maximum absolute atomic E-state index is 11.4. The van der Waals surface area contributed by atoms with Gasteiger partial charge in [-0.1, -0.05) is 0 Å². The average Bonchev–Trinajstić information content (AvgIpc) is 2.86. The summed E-state index contributed by atoms with van der Waals surface area (Å²) in [5.41, 5.74) is 0.995. The molecule has 3 N–H and O–H groups in total. The van der Waals surface area contributed by atoms with Gasteiger partial charge in [-0.2, -0.15) is 5.10 Å². The number of rotatable bonds is 5. The van der Waals surface area contributed by atoms with E-state index in [0.29, 0.717) is 12.6 Å². The number of nitrogens with one attached hydrogen (secondary N) is 3. The van der Waals surface area contributed by atoms with Crippen LogP contribution >= 0.6 is 0 Å². The van der Waals surface area contributed by atoms with Crippen LogP contribution in [0, 0.1) is 0 Å². The van der Waals surface area contributed by atoms with Gasteiger partial charge < -0.3 is 10.6 Å². The Morgan fingerprint density at radius 1 is 1.73 bits per heavy atom. The van der Waals surface area contributed by atoms with E-state index in [1.807, 2.05) is 13.0 Å². The molecule has 0 saturated heterocycles. The molecule has 1 aliphatic carbocycles. The quantitative estimate of drug-likeness (QED) is 0.653. The summed E-state index contributed by atoms with van der Waals surface area (Å²) in [6, 6.07) is 2.45. The van der Waals surface area contributed by atoms with Crippen LogP contribution in [-0.2, 0) is 4.79 Å². The number of hydrogen-bond donors (Lipinski definition) is 3. The fraction of sp³-hybridized carbons (Fsp3) is 0.600. The molecular formula is C10H16N4O. The zero-order valence-corrected chi connectivity index (χ0v) is 8.79. The second-order valence-corrected chi connectivity index (χ2v) is 3.96. The summed E-state index contributed by atoms with van der Waals surface area (Å²) < 4.78 is 0. The molecule has 2 rings (SSSR count). The van der Waals surface area contributed by atoms with Gasteiger partial charge in [0, 0.05) is 18.3 Å². The molecule has 0 radical (unpaired) electrons. The van der Waals surface area contributed by atoms with Crippen molar-refractivity contribution < 1.29 is 4.79 Å². The predicted molar refractivity (Wildman–Crippen MR) is 56.2 cm³/mol. The van der Waals surface area contributed by atoms with Crippen molar-refractivity contribution in [1.29, 1.82) is 0 Å². The molecule has 0 bridgehead atoms. The monoisotopic (exact) mass is 208 g/mol. The van der Waals surface area contributed by atoms with Crippen molar-refractivity contribution in [3.05, 3.63) is 18.0 Å². The van der Waals surface area contributed by atoms with E-state index >= 15 is 0 Å². The number of carbonyl (C=O) groups is 1. The number of H-pyrrole nitrogens is 1. The van der Waals surface area contributed by atoms with Crippen LogP contribution in [0.3, 0.4) is 0 Å². The number of aromatic amines is 1. The van der Waals surface area contributed by atoms with Crippen LogP contribution in [0.4, 0.5) is 0 Å². The standard InChI is InChI=1S/C10H16N4O/c1-7(9-4-5-12-14-9)11-6-10(15)13-8-2-3-8/h4-5,7-8,11H,2-3,6H2,1H3,(H,12,14)(H,13,15). The first-order chi connectivity index (χ1) is 7.25. The first-order valence-corrected chi connectivity index (χ1v) is 5.27. The van der Waals surface area contributed by atoms with Gasteiger partial charge in [-0.15, -0.1) is 0 Å². The molecule has 0 aromatic carbocycles. The Balaban J connectivity index is 1.70. The number of nitrogens with zero attached hydrogens (tertiary/aromatic N) is 1. The molecule has 0 spiro atoms. The van der Waals surface area contributed by atoms with Crippen LogP contribution in [0.15, 0.2) is 12.3 Å². The summed E-state index contributed by atoms with van der Waals surface area (Å²) in [7, 11) is 0. The van der Waals surface area contributed by atoms with Crippen LogP contribution < -0.4 is 10.6 Å². The van der Waals surface area contributed by atoms with Crippen LogP contribution in [0.5, 0.6) is 0 Å². The second-order valence-electron chi connectivity index (χ2n) is 3.96. The molecule has 5 heteroatoms. The van der Waals surface area contributed by atoms with E-state index in [2.05, 4.69) is 20.8 Å². The molecule has 1 amide bonds. The Labute approximate surface area is 88.6 Å². The summed E-state index contributed by atoms with van der Waals surface area (Å²) in [4.78, 5) is 11.4. The first-order valence-electron chi connectivity index (χ1n) is 5.27. The van der Waals surface area contributed by atoms with E-state index in [4.69, 9.17) is 0 Å². The lowest BCUT2D eigenvalue weighted by atomic mass is 10.2. The van der Waals surface area contributed by atoms with Crippen molar-refractivity contribution in [2.24, 2.45) is 0 Å². The van der Waals surface area contributed by atoms with Crippen LogP contribution in [0.2, 0.25) is 0 Å². The Hall–Kier alpha value is -1.36. The van der Waals surface area contributed by atoms with Crippen LogP contribution in [0.25, 0.3) is 0 Å². The number of amides is 1. The van der Waals surface area contributed by atoms with E-state index in [1.54, 1.807) is 6.20 Å². The fourth-order valence-electron chi connectivity index (χ4n) is 1.37. The number of hydrogen-bond acceptors (Lipinski definition) is 3. The minimum Gasteiger partial charge on any atom is -0.352 e. The van der Waals surface area contributed by atoms with E-state index in [0.717, 1.165) is 18.5 Å². The largest absolute Gasteiger partial charge is 0.352 e. The lowest BCUT2D eigenvalue weighted by molar-refractivity contribution is -0.120. The van der Waals surface area contributed by atoms with Crippen LogP contribution in [0.1, 0.15) is 31.5 Å². The van der Waals surface area contributed by atoms with E-state index in [-0.39, 0.29) is 11.9 Å². The minimum atomic E-state index is 0.0730. The zero-order chi connectivity index (χ0) is 10.7. The summed E-state index contributed by atoms with van der Waals surface area (Å²) in [5.74, 6) is 0.0730.